The third-order valence-electron chi connectivity index (χ3n) is 5.64. The SMILES string of the molecule is O=C1CCc2c(Cc3sc(=S)[nH]c3O)cccc2N1Cc1ccc2ccccc2c1. The number of benzene rings is 3. The molecule has 0 bridgehead atoms. The highest BCUT2D eigenvalue weighted by atomic mass is 32.1. The van der Waals surface area contributed by atoms with Crippen molar-refractivity contribution in [1.82, 2.24) is 4.98 Å². The first-order chi connectivity index (χ1) is 14.6. The molecule has 4 aromatic rings. The number of hydrogen-bond acceptors (Lipinski definition) is 4. The zero-order valence-corrected chi connectivity index (χ0v) is 17.9. The van der Waals surface area contributed by atoms with Gasteiger partial charge in [-0.05, 0) is 58.2 Å². The number of fused-ring (bicyclic) bond motifs is 2. The van der Waals surface area contributed by atoms with Crippen LogP contribution in [0.25, 0.3) is 10.8 Å². The van der Waals surface area contributed by atoms with Gasteiger partial charge in [0.2, 0.25) is 11.8 Å². The predicted molar refractivity (Wildman–Crippen MR) is 124 cm³/mol. The van der Waals surface area contributed by atoms with E-state index < -0.39 is 0 Å². The van der Waals surface area contributed by atoms with Gasteiger partial charge in [-0.3, -0.25) is 4.79 Å². The largest absolute Gasteiger partial charge is 0.494 e. The zero-order chi connectivity index (χ0) is 20.7. The highest BCUT2D eigenvalue weighted by Gasteiger charge is 2.26. The fourth-order valence-corrected chi connectivity index (χ4v) is 5.31. The Kier molecular flexibility index (Phi) is 4.89. The van der Waals surface area contributed by atoms with Gasteiger partial charge < -0.3 is 15.0 Å². The van der Waals surface area contributed by atoms with Crippen LogP contribution in [0.4, 0.5) is 5.69 Å². The van der Waals surface area contributed by atoms with Crippen LogP contribution < -0.4 is 4.90 Å². The van der Waals surface area contributed by atoms with E-state index in [1.54, 1.807) is 0 Å². The van der Waals surface area contributed by atoms with E-state index in [1.807, 2.05) is 29.2 Å². The number of carbonyl (C=O) groups excluding carboxylic acids is 1. The zero-order valence-electron chi connectivity index (χ0n) is 16.2. The number of nitrogens with zero attached hydrogens (tertiary/aromatic N) is 1. The van der Waals surface area contributed by atoms with Crippen LogP contribution in [-0.4, -0.2) is 16.0 Å². The van der Waals surface area contributed by atoms with Gasteiger partial charge in [0.15, 0.2) is 3.95 Å². The molecule has 0 radical (unpaired) electrons. The summed E-state index contributed by atoms with van der Waals surface area (Å²) in [5, 5.41) is 12.5. The van der Waals surface area contributed by atoms with E-state index in [0.717, 1.165) is 28.1 Å². The van der Waals surface area contributed by atoms with Gasteiger partial charge in [-0.15, -0.1) is 11.3 Å². The molecule has 0 spiro atoms. The van der Waals surface area contributed by atoms with E-state index in [2.05, 4.69) is 41.4 Å². The molecule has 0 aliphatic carbocycles. The van der Waals surface area contributed by atoms with Gasteiger partial charge in [-0.1, -0.05) is 48.5 Å². The van der Waals surface area contributed by atoms with Crippen LogP contribution >= 0.6 is 23.6 Å². The van der Waals surface area contributed by atoms with Crippen molar-refractivity contribution in [2.24, 2.45) is 0 Å². The Morgan fingerprint density at radius 3 is 2.67 bits per heavy atom. The minimum absolute atomic E-state index is 0.141. The molecule has 2 N–H and O–H groups in total. The van der Waals surface area contributed by atoms with Crippen LogP contribution in [0.5, 0.6) is 5.88 Å². The van der Waals surface area contributed by atoms with Crippen LogP contribution in [0.2, 0.25) is 0 Å². The molecule has 1 aliphatic heterocycles. The fraction of sp³-hybridized carbons (Fsp3) is 0.167. The molecule has 1 aliphatic rings. The van der Waals surface area contributed by atoms with Gasteiger partial charge >= 0.3 is 0 Å². The van der Waals surface area contributed by atoms with Gasteiger partial charge in [0.1, 0.15) is 0 Å². The summed E-state index contributed by atoms with van der Waals surface area (Å²) in [6, 6.07) is 20.7. The summed E-state index contributed by atoms with van der Waals surface area (Å²) in [6.07, 6.45) is 1.81. The van der Waals surface area contributed by atoms with Gasteiger partial charge in [-0.25, -0.2) is 0 Å². The minimum Gasteiger partial charge on any atom is -0.494 e. The van der Waals surface area contributed by atoms with Crippen LogP contribution in [0, 0.1) is 3.95 Å². The fourth-order valence-electron chi connectivity index (χ4n) is 4.17. The molecule has 0 unspecified atom stereocenters. The first kappa shape index (κ1) is 19.0. The molecule has 150 valence electrons. The molecular weight excluding hydrogens is 412 g/mol. The summed E-state index contributed by atoms with van der Waals surface area (Å²) in [5.74, 6) is 0.287. The van der Waals surface area contributed by atoms with Crippen molar-refractivity contribution in [3.8, 4) is 5.88 Å². The van der Waals surface area contributed by atoms with Crippen molar-refractivity contribution < 1.29 is 9.90 Å². The number of rotatable bonds is 4. The topological polar surface area (TPSA) is 56.3 Å². The van der Waals surface area contributed by atoms with E-state index in [-0.39, 0.29) is 11.8 Å². The molecule has 6 heteroatoms. The number of aromatic nitrogens is 1. The number of thiazole rings is 1. The van der Waals surface area contributed by atoms with E-state index in [1.165, 1.54) is 27.7 Å². The maximum atomic E-state index is 12.8. The van der Waals surface area contributed by atoms with Crippen molar-refractivity contribution in [3.05, 3.63) is 86.2 Å². The first-order valence-corrected chi connectivity index (χ1v) is 11.1. The average Bonchev–Trinajstić information content (AvgIpc) is 3.07. The van der Waals surface area contributed by atoms with E-state index in [0.29, 0.717) is 23.3 Å². The third kappa shape index (κ3) is 3.53. The second-order valence-electron chi connectivity index (χ2n) is 7.54. The summed E-state index contributed by atoms with van der Waals surface area (Å²) in [7, 11) is 0. The average molecular weight is 433 g/mol. The Balaban J connectivity index is 1.49. The maximum Gasteiger partial charge on any atom is 0.227 e. The first-order valence-electron chi connectivity index (χ1n) is 9.88. The Morgan fingerprint density at radius 1 is 1.03 bits per heavy atom. The molecule has 2 heterocycles. The number of anilines is 1. The number of aromatic hydroxyl groups is 1. The Labute approximate surface area is 183 Å². The Bertz CT molecular complexity index is 1320. The highest BCUT2D eigenvalue weighted by Crippen LogP contribution is 2.35. The van der Waals surface area contributed by atoms with Gasteiger partial charge in [0, 0.05) is 18.5 Å². The van der Waals surface area contributed by atoms with Crippen molar-refractivity contribution >= 4 is 45.9 Å². The van der Waals surface area contributed by atoms with Crippen LogP contribution in [0.15, 0.2) is 60.7 Å². The van der Waals surface area contributed by atoms with Crippen LogP contribution in [-0.2, 0) is 24.2 Å². The summed E-state index contributed by atoms with van der Waals surface area (Å²) < 4.78 is 0.570. The second-order valence-corrected chi connectivity index (χ2v) is 9.31. The van der Waals surface area contributed by atoms with E-state index >= 15 is 0 Å². The maximum absolute atomic E-state index is 12.8. The lowest BCUT2D eigenvalue weighted by atomic mass is 9.93. The lowest BCUT2D eigenvalue weighted by Crippen LogP contribution is -2.35. The molecule has 3 aromatic carbocycles. The molecule has 0 saturated heterocycles. The number of hydrogen-bond donors (Lipinski definition) is 2. The van der Waals surface area contributed by atoms with E-state index in [9.17, 15) is 9.90 Å². The Morgan fingerprint density at radius 2 is 1.87 bits per heavy atom. The summed E-state index contributed by atoms with van der Waals surface area (Å²) in [5.41, 5.74) is 4.39. The highest BCUT2D eigenvalue weighted by molar-refractivity contribution is 7.73. The number of aromatic amines is 1. The minimum atomic E-state index is 0.141. The molecule has 1 amide bonds. The number of H-pyrrole nitrogens is 1. The lowest BCUT2D eigenvalue weighted by molar-refractivity contribution is -0.119. The molecule has 4 nitrogen and oxygen atoms in total. The molecule has 1 aromatic heterocycles. The monoisotopic (exact) mass is 432 g/mol. The van der Waals surface area contributed by atoms with Gasteiger partial charge in [0.25, 0.3) is 0 Å². The van der Waals surface area contributed by atoms with Gasteiger partial charge in [0.05, 0.1) is 11.4 Å². The Hall–Kier alpha value is -2.96. The van der Waals surface area contributed by atoms with Crippen LogP contribution in [0.1, 0.15) is 28.0 Å². The lowest BCUT2D eigenvalue weighted by Gasteiger charge is -2.31. The van der Waals surface area contributed by atoms with E-state index in [4.69, 9.17) is 12.2 Å². The number of amides is 1. The van der Waals surface area contributed by atoms with Crippen molar-refractivity contribution in [1.29, 1.82) is 0 Å². The molecule has 0 fully saturated rings. The quantitative estimate of drug-likeness (QED) is 0.405. The number of nitrogens with one attached hydrogen (secondary N) is 1. The second kappa shape index (κ2) is 7.70. The van der Waals surface area contributed by atoms with Gasteiger partial charge in [-0.2, -0.15) is 0 Å². The normalized spacial score (nSPS) is 13.6. The summed E-state index contributed by atoms with van der Waals surface area (Å²) in [6.45, 7) is 0.550. The van der Waals surface area contributed by atoms with Crippen molar-refractivity contribution in [3.63, 3.8) is 0 Å². The molecule has 0 saturated carbocycles. The van der Waals surface area contributed by atoms with Crippen LogP contribution in [0.3, 0.4) is 0 Å². The third-order valence-corrected chi connectivity index (χ3v) is 6.86. The van der Waals surface area contributed by atoms with Crippen molar-refractivity contribution in [2.45, 2.75) is 25.8 Å². The summed E-state index contributed by atoms with van der Waals surface area (Å²) >= 11 is 6.54. The molecular formula is C24H20N2O2S2. The predicted octanol–water partition coefficient (Wildman–Crippen LogP) is 5.73. The summed E-state index contributed by atoms with van der Waals surface area (Å²) in [4.78, 5) is 18.3. The standard InChI is InChI=1S/C24H20N2O2S2/c27-22-11-10-19-18(13-21-23(28)25-24(29)30-21)6-3-7-20(19)26(22)14-15-8-9-16-4-1-2-5-17(16)12-15/h1-9,12,28H,10-11,13-14H2,(H,25,29). The molecule has 5 rings (SSSR count). The molecule has 30 heavy (non-hydrogen) atoms. The molecule has 0 atom stereocenters. The smallest absolute Gasteiger partial charge is 0.227 e. The van der Waals surface area contributed by atoms with Crippen molar-refractivity contribution in [2.75, 3.05) is 4.90 Å². The number of carbonyl (C=O) groups is 1.